The molecule has 1 heterocycles. The highest BCUT2D eigenvalue weighted by atomic mass is 35.5. The topological polar surface area (TPSA) is 29.9 Å². The summed E-state index contributed by atoms with van der Waals surface area (Å²) in [4.78, 5) is 0. The fourth-order valence-corrected chi connectivity index (χ4v) is 1.70. The highest BCUT2D eigenvalue weighted by Crippen LogP contribution is 2.24. The SMILES string of the molecule is CC(C)NCc1c(C(C)C)nn(C)c1Cl.Cl. The van der Waals surface area contributed by atoms with Crippen LogP contribution in [-0.2, 0) is 13.6 Å². The maximum absolute atomic E-state index is 6.20. The predicted octanol–water partition coefficient (Wildman–Crippen LogP) is 3.12. The van der Waals surface area contributed by atoms with Gasteiger partial charge in [0.15, 0.2) is 0 Å². The predicted molar refractivity (Wildman–Crippen MR) is 71.5 cm³/mol. The van der Waals surface area contributed by atoms with E-state index in [1.165, 1.54) is 0 Å². The summed E-state index contributed by atoms with van der Waals surface area (Å²) < 4.78 is 1.74. The normalized spacial score (nSPS) is 11.0. The number of rotatable bonds is 4. The van der Waals surface area contributed by atoms with Gasteiger partial charge in [-0.2, -0.15) is 5.10 Å². The molecular weight excluding hydrogens is 245 g/mol. The second-order valence-electron chi connectivity index (χ2n) is 4.47. The van der Waals surface area contributed by atoms with Gasteiger partial charge in [0.25, 0.3) is 0 Å². The van der Waals surface area contributed by atoms with Gasteiger partial charge in [0.05, 0.1) is 5.69 Å². The Bertz CT molecular complexity index is 332. The largest absolute Gasteiger partial charge is 0.310 e. The molecule has 5 heteroatoms. The minimum absolute atomic E-state index is 0. The van der Waals surface area contributed by atoms with E-state index in [1.807, 2.05) is 7.05 Å². The Morgan fingerprint density at radius 1 is 1.31 bits per heavy atom. The average molecular weight is 266 g/mol. The highest BCUT2D eigenvalue weighted by molar-refractivity contribution is 6.30. The van der Waals surface area contributed by atoms with Gasteiger partial charge in [-0.25, -0.2) is 0 Å². The molecule has 16 heavy (non-hydrogen) atoms. The Labute approximate surface area is 109 Å². The lowest BCUT2D eigenvalue weighted by Crippen LogP contribution is -2.22. The van der Waals surface area contributed by atoms with Crippen LogP contribution in [0.5, 0.6) is 0 Å². The first kappa shape index (κ1) is 15.8. The third-order valence-electron chi connectivity index (χ3n) is 2.33. The van der Waals surface area contributed by atoms with Crippen molar-refractivity contribution in [1.82, 2.24) is 15.1 Å². The minimum Gasteiger partial charge on any atom is -0.310 e. The quantitative estimate of drug-likeness (QED) is 0.907. The van der Waals surface area contributed by atoms with Crippen LogP contribution >= 0.6 is 24.0 Å². The summed E-state index contributed by atoms with van der Waals surface area (Å²) in [7, 11) is 1.88. The van der Waals surface area contributed by atoms with Gasteiger partial charge in [-0.15, -0.1) is 12.4 Å². The summed E-state index contributed by atoms with van der Waals surface area (Å²) in [5.41, 5.74) is 2.22. The first-order valence-electron chi connectivity index (χ1n) is 5.38. The zero-order valence-corrected chi connectivity index (χ0v) is 12.1. The van der Waals surface area contributed by atoms with E-state index in [9.17, 15) is 0 Å². The molecule has 1 aromatic rings. The van der Waals surface area contributed by atoms with E-state index in [4.69, 9.17) is 11.6 Å². The van der Waals surface area contributed by atoms with Gasteiger partial charge in [0.1, 0.15) is 5.15 Å². The fraction of sp³-hybridized carbons (Fsp3) is 0.727. The lowest BCUT2D eigenvalue weighted by atomic mass is 10.1. The number of nitrogens with one attached hydrogen (secondary N) is 1. The molecule has 0 radical (unpaired) electrons. The van der Waals surface area contributed by atoms with Crippen LogP contribution in [0.3, 0.4) is 0 Å². The summed E-state index contributed by atoms with van der Waals surface area (Å²) in [5.74, 6) is 0.410. The van der Waals surface area contributed by atoms with Crippen molar-refractivity contribution in [2.75, 3.05) is 0 Å². The summed E-state index contributed by atoms with van der Waals surface area (Å²) in [6, 6.07) is 0.460. The molecule has 0 spiro atoms. The summed E-state index contributed by atoms with van der Waals surface area (Å²) in [5, 5.41) is 8.55. The van der Waals surface area contributed by atoms with Crippen LogP contribution in [0.1, 0.15) is 44.9 Å². The van der Waals surface area contributed by atoms with Gasteiger partial charge in [-0.1, -0.05) is 39.3 Å². The van der Waals surface area contributed by atoms with Crippen molar-refractivity contribution >= 4 is 24.0 Å². The fourth-order valence-electron chi connectivity index (χ4n) is 1.50. The van der Waals surface area contributed by atoms with E-state index in [-0.39, 0.29) is 12.4 Å². The van der Waals surface area contributed by atoms with Crippen LogP contribution in [0.25, 0.3) is 0 Å². The average Bonchev–Trinajstić information content (AvgIpc) is 2.41. The van der Waals surface area contributed by atoms with Gasteiger partial charge < -0.3 is 5.32 Å². The molecule has 0 aliphatic carbocycles. The van der Waals surface area contributed by atoms with Crippen LogP contribution < -0.4 is 5.32 Å². The van der Waals surface area contributed by atoms with Crippen molar-refractivity contribution in [3.8, 4) is 0 Å². The molecule has 0 fully saturated rings. The van der Waals surface area contributed by atoms with E-state index in [1.54, 1.807) is 4.68 Å². The van der Waals surface area contributed by atoms with E-state index >= 15 is 0 Å². The molecule has 0 bridgehead atoms. The van der Waals surface area contributed by atoms with Gasteiger partial charge in [0, 0.05) is 25.2 Å². The second kappa shape index (κ2) is 6.48. The molecule has 0 aliphatic heterocycles. The van der Waals surface area contributed by atoms with E-state index in [2.05, 4.69) is 38.1 Å². The molecule has 0 aliphatic rings. The van der Waals surface area contributed by atoms with Gasteiger partial charge in [-0.3, -0.25) is 4.68 Å². The Morgan fingerprint density at radius 3 is 2.31 bits per heavy atom. The maximum atomic E-state index is 6.20. The number of nitrogens with zero attached hydrogens (tertiary/aromatic N) is 2. The second-order valence-corrected chi connectivity index (χ2v) is 4.83. The maximum Gasteiger partial charge on any atom is 0.131 e. The van der Waals surface area contributed by atoms with Crippen molar-refractivity contribution in [2.24, 2.45) is 7.05 Å². The lowest BCUT2D eigenvalue weighted by Gasteiger charge is -2.09. The Kier molecular flexibility index (Phi) is 6.38. The zero-order valence-electron chi connectivity index (χ0n) is 10.5. The van der Waals surface area contributed by atoms with E-state index in [0.717, 1.165) is 23.0 Å². The molecule has 0 aromatic carbocycles. The molecule has 0 saturated carbocycles. The Balaban J connectivity index is 0.00000225. The van der Waals surface area contributed by atoms with Crippen molar-refractivity contribution < 1.29 is 0 Å². The molecule has 0 atom stereocenters. The molecule has 0 saturated heterocycles. The third-order valence-corrected chi connectivity index (χ3v) is 2.81. The molecule has 0 amide bonds. The summed E-state index contributed by atoms with van der Waals surface area (Å²) in [6.07, 6.45) is 0. The smallest absolute Gasteiger partial charge is 0.131 e. The van der Waals surface area contributed by atoms with Gasteiger partial charge >= 0.3 is 0 Å². The highest BCUT2D eigenvalue weighted by Gasteiger charge is 2.16. The first-order chi connectivity index (χ1) is 6.93. The standard InChI is InChI=1S/C11H20ClN3.ClH/c1-7(2)10-9(6-13-8(3)4)11(12)15(5)14-10;/h7-8,13H,6H2,1-5H3;1H. The molecular formula is C11H21Cl2N3. The van der Waals surface area contributed by atoms with Crippen LogP contribution in [0.4, 0.5) is 0 Å². The monoisotopic (exact) mass is 265 g/mol. The van der Waals surface area contributed by atoms with Crippen molar-refractivity contribution in [1.29, 1.82) is 0 Å². The molecule has 94 valence electrons. The number of hydrogen-bond acceptors (Lipinski definition) is 2. The summed E-state index contributed by atoms with van der Waals surface area (Å²) in [6.45, 7) is 9.31. The number of aromatic nitrogens is 2. The minimum atomic E-state index is 0. The van der Waals surface area contributed by atoms with E-state index < -0.39 is 0 Å². The van der Waals surface area contributed by atoms with Crippen molar-refractivity contribution in [2.45, 2.75) is 46.2 Å². The Hall–Kier alpha value is -0.250. The van der Waals surface area contributed by atoms with Gasteiger partial charge in [0.2, 0.25) is 0 Å². The first-order valence-corrected chi connectivity index (χ1v) is 5.76. The lowest BCUT2D eigenvalue weighted by molar-refractivity contribution is 0.584. The summed E-state index contributed by atoms with van der Waals surface area (Å²) >= 11 is 6.20. The van der Waals surface area contributed by atoms with E-state index in [0.29, 0.717) is 12.0 Å². The number of halogens is 2. The zero-order chi connectivity index (χ0) is 11.6. The molecule has 3 nitrogen and oxygen atoms in total. The van der Waals surface area contributed by atoms with Crippen LogP contribution in [0.15, 0.2) is 0 Å². The van der Waals surface area contributed by atoms with Crippen LogP contribution in [0.2, 0.25) is 5.15 Å². The Morgan fingerprint density at radius 2 is 1.88 bits per heavy atom. The molecule has 1 aromatic heterocycles. The van der Waals surface area contributed by atoms with Gasteiger partial charge in [-0.05, 0) is 5.92 Å². The van der Waals surface area contributed by atoms with Crippen LogP contribution in [0, 0.1) is 0 Å². The number of hydrogen-bond donors (Lipinski definition) is 1. The van der Waals surface area contributed by atoms with Crippen molar-refractivity contribution in [3.63, 3.8) is 0 Å². The molecule has 1 rings (SSSR count). The third kappa shape index (κ3) is 3.65. The molecule has 1 N–H and O–H groups in total. The van der Waals surface area contributed by atoms with Crippen LogP contribution in [-0.4, -0.2) is 15.8 Å². The molecule has 0 unspecified atom stereocenters. The number of aryl methyl sites for hydroxylation is 1. The van der Waals surface area contributed by atoms with Crippen molar-refractivity contribution in [3.05, 3.63) is 16.4 Å².